The van der Waals surface area contributed by atoms with Crippen molar-refractivity contribution in [1.29, 1.82) is 0 Å². The number of rotatable bonds is 2. The van der Waals surface area contributed by atoms with Crippen molar-refractivity contribution in [3.05, 3.63) is 59.4 Å². The zero-order valence-electron chi connectivity index (χ0n) is 12.7. The van der Waals surface area contributed by atoms with Gasteiger partial charge in [0.2, 0.25) is 0 Å². The first-order valence-electron chi connectivity index (χ1n) is 6.91. The highest BCUT2D eigenvalue weighted by Gasteiger charge is 2.03. The summed E-state index contributed by atoms with van der Waals surface area (Å²) in [5, 5.41) is 6.72. The normalized spacial score (nSPS) is 9.87. The largest absolute Gasteiger partial charge is 0.331 e. The maximum Gasteiger partial charge on any atom is 0.189 e. The SMILES string of the molecule is Cc1ccc(C)c(NC(=S)NNC(=S)Nc2ccc(F)cc2)c1. The van der Waals surface area contributed by atoms with Crippen LogP contribution in [0.15, 0.2) is 42.5 Å². The van der Waals surface area contributed by atoms with Crippen molar-refractivity contribution in [3.63, 3.8) is 0 Å². The summed E-state index contributed by atoms with van der Waals surface area (Å²) in [6, 6.07) is 12.0. The molecular formula is C16H17FN4S2. The Morgan fingerprint density at radius 1 is 0.870 bits per heavy atom. The highest BCUT2D eigenvalue weighted by atomic mass is 32.1. The van der Waals surface area contributed by atoms with E-state index in [0.29, 0.717) is 15.9 Å². The van der Waals surface area contributed by atoms with Crippen LogP contribution in [0.25, 0.3) is 0 Å². The number of anilines is 2. The lowest BCUT2D eigenvalue weighted by Crippen LogP contribution is -2.45. The lowest BCUT2D eigenvalue weighted by Gasteiger charge is -2.15. The second kappa shape index (κ2) is 7.85. The number of benzene rings is 2. The molecule has 7 heteroatoms. The van der Waals surface area contributed by atoms with Crippen molar-refractivity contribution < 1.29 is 4.39 Å². The summed E-state index contributed by atoms with van der Waals surface area (Å²) >= 11 is 10.3. The first kappa shape index (κ1) is 17.1. The van der Waals surface area contributed by atoms with Crippen LogP contribution < -0.4 is 21.5 Å². The number of thiocarbonyl (C=S) groups is 2. The van der Waals surface area contributed by atoms with E-state index in [9.17, 15) is 4.39 Å². The Kier molecular flexibility index (Phi) is 5.84. The summed E-state index contributed by atoms with van der Waals surface area (Å²) in [5.41, 5.74) is 9.42. The molecule has 0 amide bonds. The summed E-state index contributed by atoms with van der Waals surface area (Å²) < 4.78 is 12.8. The second-order valence-corrected chi connectivity index (χ2v) is 5.80. The molecule has 0 aliphatic carbocycles. The zero-order valence-corrected chi connectivity index (χ0v) is 14.4. The summed E-state index contributed by atoms with van der Waals surface area (Å²) in [6.07, 6.45) is 0. The second-order valence-electron chi connectivity index (χ2n) is 4.98. The molecule has 120 valence electrons. The highest BCUT2D eigenvalue weighted by molar-refractivity contribution is 7.81. The Labute approximate surface area is 145 Å². The van der Waals surface area contributed by atoms with Crippen LogP contribution in [0.3, 0.4) is 0 Å². The van der Waals surface area contributed by atoms with Crippen LogP contribution in [0, 0.1) is 19.7 Å². The molecule has 2 rings (SSSR count). The van der Waals surface area contributed by atoms with E-state index in [2.05, 4.69) is 21.5 Å². The Morgan fingerprint density at radius 2 is 1.48 bits per heavy atom. The van der Waals surface area contributed by atoms with Crippen molar-refractivity contribution in [2.45, 2.75) is 13.8 Å². The van der Waals surface area contributed by atoms with Gasteiger partial charge in [0.15, 0.2) is 10.2 Å². The number of hydrogen-bond acceptors (Lipinski definition) is 2. The Balaban J connectivity index is 1.83. The molecule has 0 aliphatic rings. The van der Waals surface area contributed by atoms with Gasteiger partial charge in [-0.3, -0.25) is 10.9 Å². The van der Waals surface area contributed by atoms with E-state index >= 15 is 0 Å². The number of aryl methyl sites for hydroxylation is 2. The third kappa shape index (κ3) is 5.46. The summed E-state index contributed by atoms with van der Waals surface area (Å²) in [4.78, 5) is 0. The van der Waals surface area contributed by atoms with E-state index in [0.717, 1.165) is 16.8 Å². The molecule has 4 nitrogen and oxygen atoms in total. The molecule has 0 aliphatic heterocycles. The first-order valence-corrected chi connectivity index (χ1v) is 7.72. The number of halogens is 1. The van der Waals surface area contributed by atoms with Crippen LogP contribution in [0.2, 0.25) is 0 Å². The van der Waals surface area contributed by atoms with E-state index in [1.807, 2.05) is 32.0 Å². The van der Waals surface area contributed by atoms with E-state index in [4.69, 9.17) is 24.4 Å². The fourth-order valence-electron chi connectivity index (χ4n) is 1.83. The van der Waals surface area contributed by atoms with Gasteiger partial charge >= 0.3 is 0 Å². The van der Waals surface area contributed by atoms with Gasteiger partial charge in [0.25, 0.3) is 0 Å². The predicted octanol–water partition coefficient (Wildman–Crippen LogP) is 3.63. The molecule has 0 heterocycles. The predicted molar refractivity (Wildman–Crippen MR) is 101 cm³/mol. The minimum absolute atomic E-state index is 0.300. The van der Waals surface area contributed by atoms with E-state index in [1.54, 1.807) is 12.1 Å². The van der Waals surface area contributed by atoms with Crippen LogP contribution >= 0.6 is 24.4 Å². The van der Waals surface area contributed by atoms with Gasteiger partial charge < -0.3 is 10.6 Å². The van der Waals surface area contributed by atoms with Crippen molar-refractivity contribution in [3.8, 4) is 0 Å². The van der Waals surface area contributed by atoms with Crippen LogP contribution in [-0.2, 0) is 0 Å². The molecule has 0 radical (unpaired) electrons. The molecule has 0 unspecified atom stereocenters. The quantitative estimate of drug-likeness (QED) is 0.491. The van der Waals surface area contributed by atoms with Crippen LogP contribution in [-0.4, -0.2) is 10.2 Å². The van der Waals surface area contributed by atoms with Gasteiger partial charge in [0.1, 0.15) is 5.82 Å². The van der Waals surface area contributed by atoms with Gasteiger partial charge in [-0.05, 0) is 79.7 Å². The molecule has 0 saturated carbocycles. The molecule has 23 heavy (non-hydrogen) atoms. The van der Waals surface area contributed by atoms with E-state index in [-0.39, 0.29) is 5.82 Å². The summed E-state index contributed by atoms with van der Waals surface area (Å²) in [5.74, 6) is -0.300. The molecule has 0 fully saturated rings. The van der Waals surface area contributed by atoms with Gasteiger partial charge in [0, 0.05) is 11.4 Å². The third-order valence-corrected chi connectivity index (χ3v) is 3.44. The standard InChI is InChI=1S/C16H17FN4S2/c1-10-3-4-11(2)14(9-10)19-16(23)21-20-15(22)18-13-7-5-12(17)6-8-13/h3-9H,1-2H3,(H2,18,20,22)(H2,19,21,23). The average Bonchev–Trinajstić information content (AvgIpc) is 2.51. The summed E-state index contributed by atoms with van der Waals surface area (Å²) in [6.45, 7) is 4.01. The third-order valence-electron chi connectivity index (χ3n) is 3.03. The van der Waals surface area contributed by atoms with Crippen LogP contribution in [0.1, 0.15) is 11.1 Å². The first-order chi connectivity index (χ1) is 10.9. The lowest BCUT2D eigenvalue weighted by atomic mass is 10.1. The van der Waals surface area contributed by atoms with Gasteiger partial charge in [0.05, 0.1) is 0 Å². The Morgan fingerprint density at radius 3 is 2.13 bits per heavy atom. The van der Waals surface area contributed by atoms with Crippen molar-refractivity contribution in [2.24, 2.45) is 0 Å². The minimum Gasteiger partial charge on any atom is -0.331 e. The molecule has 0 aromatic heterocycles. The van der Waals surface area contributed by atoms with Gasteiger partial charge in [-0.15, -0.1) is 0 Å². The highest BCUT2D eigenvalue weighted by Crippen LogP contribution is 2.16. The lowest BCUT2D eigenvalue weighted by molar-refractivity contribution is 0.628. The average molecular weight is 348 g/mol. The topological polar surface area (TPSA) is 48.1 Å². The van der Waals surface area contributed by atoms with E-state index in [1.165, 1.54) is 12.1 Å². The molecular weight excluding hydrogens is 331 g/mol. The minimum atomic E-state index is -0.300. The smallest absolute Gasteiger partial charge is 0.189 e. The van der Waals surface area contributed by atoms with Gasteiger partial charge in [-0.2, -0.15) is 0 Å². The van der Waals surface area contributed by atoms with Crippen molar-refractivity contribution >= 4 is 46.0 Å². The van der Waals surface area contributed by atoms with Gasteiger partial charge in [-0.25, -0.2) is 4.39 Å². The molecule has 2 aromatic carbocycles. The van der Waals surface area contributed by atoms with E-state index < -0.39 is 0 Å². The number of hydrogen-bond donors (Lipinski definition) is 4. The Hall–Kier alpha value is -2.25. The molecule has 0 saturated heterocycles. The molecule has 0 atom stereocenters. The van der Waals surface area contributed by atoms with Crippen molar-refractivity contribution in [1.82, 2.24) is 10.9 Å². The zero-order chi connectivity index (χ0) is 16.8. The fraction of sp³-hybridized carbons (Fsp3) is 0.125. The monoisotopic (exact) mass is 348 g/mol. The van der Waals surface area contributed by atoms with Gasteiger partial charge in [-0.1, -0.05) is 12.1 Å². The molecule has 0 spiro atoms. The van der Waals surface area contributed by atoms with Crippen LogP contribution in [0.4, 0.5) is 15.8 Å². The molecule has 0 bridgehead atoms. The Bertz CT molecular complexity index is 717. The number of nitrogens with one attached hydrogen (secondary N) is 4. The summed E-state index contributed by atoms with van der Waals surface area (Å²) in [7, 11) is 0. The number of hydrazine groups is 1. The van der Waals surface area contributed by atoms with Crippen molar-refractivity contribution in [2.75, 3.05) is 10.6 Å². The maximum absolute atomic E-state index is 12.8. The molecule has 4 N–H and O–H groups in total. The fourth-order valence-corrected chi connectivity index (χ4v) is 2.16. The van der Waals surface area contributed by atoms with Crippen LogP contribution in [0.5, 0.6) is 0 Å². The molecule has 2 aromatic rings. The maximum atomic E-state index is 12.8.